The van der Waals surface area contributed by atoms with E-state index in [-0.39, 0.29) is 11.9 Å². The number of hydrogen-bond donors (Lipinski definition) is 2. The van der Waals surface area contributed by atoms with E-state index in [1.807, 2.05) is 0 Å². The van der Waals surface area contributed by atoms with Crippen LogP contribution in [-0.2, 0) is 10.1 Å². The number of aliphatic hydroxyl groups excluding tert-OH is 1. The van der Waals surface area contributed by atoms with Crippen molar-refractivity contribution in [2.24, 2.45) is 0 Å². The first kappa shape index (κ1) is 27.9. The first-order valence-corrected chi connectivity index (χ1v) is 13.7. The Morgan fingerprint density at radius 3 is 1.25 bits per heavy atom. The van der Waals surface area contributed by atoms with Crippen molar-refractivity contribution in [2.45, 2.75) is 141 Å². The summed E-state index contributed by atoms with van der Waals surface area (Å²) in [6.07, 6.45) is 23.6. The average molecular weight is 421 g/mol. The molecule has 0 rings (SSSR count). The lowest BCUT2D eigenvalue weighted by molar-refractivity contribution is 0.147. The van der Waals surface area contributed by atoms with Crippen LogP contribution in [-0.4, -0.2) is 29.9 Å². The van der Waals surface area contributed by atoms with Gasteiger partial charge in [-0.3, -0.25) is 4.55 Å². The molecule has 0 aliphatic heterocycles. The van der Waals surface area contributed by atoms with Crippen molar-refractivity contribution in [1.29, 1.82) is 0 Å². The normalized spacial score (nSPS) is 13.1. The van der Waals surface area contributed by atoms with E-state index in [1.54, 1.807) is 0 Å². The van der Waals surface area contributed by atoms with Crippen LogP contribution in [0.3, 0.4) is 0 Å². The molecule has 0 aromatic rings. The van der Waals surface area contributed by atoms with E-state index < -0.39 is 10.1 Å². The molecule has 0 aliphatic rings. The van der Waals surface area contributed by atoms with Crippen molar-refractivity contribution < 1.29 is 18.1 Å². The highest BCUT2D eigenvalue weighted by Gasteiger charge is 2.06. The van der Waals surface area contributed by atoms with Gasteiger partial charge in [0, 0.05) is 0 Å². The Labute approximate surface area is 175 Å². The Morgan fingerprint density at radius 1 is 0.571 bits per heavy atom. The van der Waals surface area contributed by atoms with Crippen molar-refractivity contribution >= 4 is 10.1 Å². The maximum absolute atomic E-state index is 10.6. The Morgan fingerprint density at radius 2 is 0.893 bits per heavy atom. The van der Waals surface area contributed by atoms with Gasteiger partial charge < -0.3 is 5.11 Å². The number of hydrogen-bond acceptors (Lipinski definition) is 3. The standard InChI is InChI=1S/C23H48O4S/c1-2-3-4-5-6-7-8-9-10-11-12-13-14-17-20-23(24)21-18-15-16-19-22-28(25,26)27/h23-24H,2-22H2,1H3,(H,25,26,27). The SMILES string of the molecule is CCCCCCCCCCCCCCCCC(O)CCCCCCS(=O)(=O)O. The van der Waals surface area contributed by atoms with E-state index >= 15 is 0 Å². The summed E-state index contributed by atoms with van der Waals surface area (Å²) >= 11 is 0. The van der Waals surface area contributed by atoms with Gasteiger partial charge in [-0.1, -0.05) is 116 Å². The molecule has 0 fully saturated rings. The summed E-state index contributed by atoms with van der Waals surface area (Å²) in [5.74, 6) is -0.144. The second-order valence-electron chi connectivity index (χ2n) is 8.53. The smallest absolute Gasteiger partial charge is 0.264 e. The lowest BCUT2D eigenvalue weighted by Gasteiger charge is -2.10. The molecule has 1 unspecified atom stereocenters. The Balaban J connectivity index is 3.19. The molecule has 0 saturated heterocycles. The minimum atomic E-state index is -3.81. The molecule has 28 heavy (non-hydrogen) atoms. The van der Waals surface area contributed by atoms with Crippen LogP contribution in [0.5, 0.6) is 0 Å². The van der Waals surface area contributed by atoms with Crippen molar-refractivity contribution in [2.75, 3.05) is 5.75 Å². The molecule has 4 nitrogen and oxygen atoms in total. The Bertz CT molecular complexity index is 409. The summed E-state index contributed by atoms with van der Waals surface area (Å²) in [7, 11) is -3.81. The number of rotatable bonds is 22. The Hall–Kier alpha value is -0.130. The minimum absolute atomic E-state index is 0.144. The van der Waals surface area contributed by atoms with E-state index in [1.165, 1.54) is 83.5 Å². The van der Waals surface area contributed by atoms with Crippen molar-refractivity contribution in [1.82, 2.24) is 0 Å². The lowest BCUT2D eigenvalue weighted by atomic mass is 10.0. The highest BCUT2D eigenvalue weighted by atomic mass is 32.2. The molecule has 0 saturated carbocycles. The quantitative estimate of drug-likeness (QED) is 0.145. The third-order valence-electron chi connectivity index (χ3n) is 5.58. The molecule has 0 spiro atoms. The van der Waals surface area contributed by atoms with Crippen LogP contribution < -0.4 is 0 Å². The van der Waals surface area contributed by atoms with Gasteiger partial charge in [0.25, 0.3) is 10.1 Å². The fraction of sp³-hybridized carbons (Fsp3) is 1.00. The van der Waals surface area contributed by atoms with E-state index in [0.29, 0.717) is 6.42 Å². The molecule has 0 aliphatic carbocycles. The molecule has 0 radical (unpaired) electrons. The van der Waals surface area contributed by atoms with Gasteiger partial charge in [0.05, 0.1) is 11.9 Å². The second kappa shape index (κ2) is 20.2. The van der Waals surface area contributed by atoms with Crippen LogP contribution in [0.1, 0.15) is 135 Å². The van der Waals surface area contributed by atoms with E-state index in [2.05, 4.69) is 6.92 Å². The van der Waals surface area contributed by atoms with Gasteiger partial charge in [0.15, 0.2) is 0 Å². The summed E-state index contributed by atoms with van der Waals surface area (Å²) in [6, 6.07) is 0. The van der Waals surface area contributed by atoms with Crippen molar-refractivity contribution in [3.05, 3.63) is 0 Å². The van der Waals surface area contributed by atoms with Crippen LogP contribution in [0.15, 0.2) is 0 Å². The van der Waals surface area contributed by atoms with Crippen molar-refractivity contribution in [3.8, 4) is 0 Å². The lowest BCUT2D eigenvalue weighted by Crippen LogP contribution is -2.06. The zero-order valence-corrected chi connectivity index (χ0v) is 19.4. The first-order valence-electron chi connectivity index (χ1n) is 12.1. The summed E-state index contributed by atoms with van der Waals surface area (Å²) in [5.41, 5.74) is 0. The maximum Gasteiger partial charge on any atom is 0.264 e. The molecule has 2 N–H and O–H groups in total. The van der Waals surface area contributed by atoms with Crippen LogP contribution in [0.2, 0.25) is 0 Å². The van der Waals surface area contributed by atoms with Gasteiger partial charge in [-0.2, -0.15) is 8.42 Å². The average Bonchev–Trinajstić information content (AvgIpc) is 2.64. The zero-order chi connectivity index (χ0) is 20.9. The predicted molar refractivity (Wildman–Crippen MR) is 120 cm³/mol. The second-order valence-corrected chi connectivity index (χ2v) is 10.1. The summed E-state index contributed by atoms with van der Waals surface area (Å²) in [5, 5.41) is 9.99. The molecule has 1 atom stereocenters. The number of aliphatic hydroxyl groups is 1. The van der Waals surface area contributed by atoms with Gasteiger partial charge >= 0.3 is 0 Å². The largest absolute Gasteiger partial charge is 0.393 e. The van der Waals surface area contributed by atoms with Crippen LogP contribution in [0.4, 0.5) is 0 Å². The Kier molecular flexibility index (Phi) is 20.1. The highest BCUT2D eigenvalue weighted by molar-refractivity contribution is 7.85. The molecule has 0 heterocycles. The molecule has 0 bridgehead atoms. The van der Waals surface area contributed by atoms with Crippen LogP contribution >= 0.6 is 0 Å². The number of unbranched alkanes of at least 4 members (excludes halogenated alkanes) is 16. The summed E-state index contributed by atoms with van der Waals surface area (Å²) in [6.45, 7) is 2.27. The molecule has 5 heteroatoms. The third-order valence-corrected chi connectivity index (χ3v) is 6.39. The molecule has 0 aromatic carbocycles. The summed E-state index contributed by atoms with van der Waals surface area (Å²) < 4.78 is 29.8. The van der Waals surface area contributed by atoms with Crippen LogP contribution in [0, 0.1) is 0 Å². The van der Waals surface area contributed by atoms with Gasteiger partial charge in [-0.15, -0.1) is 0 Å². The molecule has 0 aromatic heterocycles. The molecule has 0 amide bonds. The fourth-order valence-corrected chi connectivity index (χ4v) is 4.31. The van der Waals surface area contributed by atoms with Crippen LogP contribution in [0.25, 0.3) is 0 Å². The minimum Gasteiger partial charge on any atom is -0.393 e. The van der Waals surface area contributed by atoms with E-state index in [4.69, 9.17) is 4.55 Å². The predicted octanol–water partition coefficient (Wildman–Crippen LogP) is 7.06. The van der Waals surface area contributed by atoms with E-state index in [0.717, 1.165) is 38.5 Å². The maximum atomic E-state index is 10.6. The monoisotopic (exact) mass is 420 g/mol. The fourth-order valence-electron chi connectivity index (χ4n) is 3.74. The highest BCUT2D eigenvalue weighted by Crippen LogP contribution is 2.15. The van der Waals surface area contributed by atoms with E-state index in [9.17, 15) is 13.5 Å². The van der Waals surface area contributed by atoms with Gasteiger partial charge in [0.2, 0.25) is 0 Å². The van der Waals surface area contributed by atoms with Gasteiger partial charge in [0.1, 0.15) is 0 Å². The van der Waals surface area contributed by atoms with Gasteiger partial charge in [-0.05, 0) is 19.3 Å². The molecular weight excluding hydrogens is 372 g/mol. The third kappa shape index (κ3) is 23.9. The summed E-state index contributed by atoms with van der Waals surface area (Å²) in [4.78, 5) is 0. The zero-order valence-electron chi connectivity index (χ0n) is 18.5. The van der Waals surface area contributed by atoms with Crippen molar-refractivity contribution in [3.63, 3.8) is 0 Å². The van der Waals surface area contributed by atoms with Gasteiger partial charge in [-0.25, -0.2) is 0 Å². The molecule has 170 valence electrons. The first-order chi connectivity index (χ1) is 13.5. The molecular formula is C23H48O4S. The topological polar surface area (TPSA) is 74.6 Å².